The number of hydrogen-bond donors (Lipinski definition) is 1. The molecule has 1 heterocycles. The molecule has 1 N–H and O–H groups in total. The summed E-state index contributed by atoms with van der Waals surface area (Å²) in [6.07, 6.45) is 0.709. The van der Waals surface area contributed by atoms with Gasteiger partial charge in [0.05, 0.1) is 21.9 Å². The van der Waals surface area contributed by atoms with Gasteiger partial charge in [0, 0.05) is 35.1 Å². The van der Waals surface area contributed by atoms with Crippen LogP contribution in [0.5, 0.6) is 0 Å². The number of nitro groups is 1. The zero-order valence-corrected chi connectivity index (χ0v) is 19.0. The van der Waals surface area contributed by atoms with Crippen molar-refractivity contribution in [3.05, 3.63) is 67.7 Å². The minimum atomic E-state index is -3.60. The molecule has 166 valence electrons. The third-order valence-electron chi connectivity index (χ3n) is 5.33. The van der Waals surface area contributed by atoms with Crippen molar-refractivity contribution < 1.29 is 18.1 Å². The molecule has 11 heteroatoms. The fourth-order valence-electron chi connectivity index (χ4n) is 3.51. The Morgan fingerprint density at radius 1 is 1.23 bits per heavy atom. The second-order valence-corrected chi connectivity index (χ2v) is 10.2. The molecule has 0 spiro atoms. The molecule has 2 aromatic carbocycles. The van der Waals surface area contributed by atoms with Crippen molar-refractivity contribution in [3.63, 3.8) is 0 Å². The molecular formula is C20H21Cl2N3O5S. The predicted molar refractivity (Wildman–Crippen MR) is 120 cm³/mol. The van der Waals surface area contributed by atoms with Gasteiger partial charge in [-0.05, 0) is 43.5 Å². The molecule has 1 fully saturated rings. The SMILES string of the molecule is Cc1c(NC(=O)C2CCN(S(=O)(=O)Cc3ccc(Cl)cc3Cl)CC2)cccc1[N+](=O)[O-]. The Balaban J connectivity index is 1.62. The van der Waals surface area contributed by atoms with Gasteiger partial charge in [-0.1, -0.05) is 35.3 Å². The number of nitrogens with zero attached hydrogens (tertiary/aromatic N) is 2. The first-order chi connectivity index (χ1) is 14.6. The minimum absolute atomic E-state index is 0.0698. The van der Waals surface area contributed by atoms with Gasteiger partial charge in [0.15, 0.2) is 0 Å². The van der Waals surface area contributed by atoms with Gasteiger partial charge >= 0.3 is 0 Å². The summed E-state index contributed by atoms with van der Waals surface area (Å²) in [5, 5.41) is 14.5. The summed E-state index contributed by atoms with van der Waals surface area (Å²) in [7, 11) is -3.60. The zero-order valence-electron chi connectivity index (χ0n) is 16.7. The van der Waals surface area contributed by atoms with E-state index in [9.17, 15) is 23.3 Å². The first-order valence-electron chi connectivity index (χ1n) is 9.55. The maximum absolute atomic E-state index is 12.8. The number of carbonyl (C=O) groups is 1. The summed E-state index contributed by atoms with van der Waals surface area (Å²) < 4.78 is 26.9. The molecule has 1 aliphatic heterocycles. The summed E-state index contributed by atoms with van der Waals surface area (Å²) in [5.41, 5.74) is 1.15. The van der Waals surface area contributed by atoms with Gasteiger partial charge in [0.2, 0.25) is 15.9 Å². The number of piperidine rings is 1. The first-order valence-corrected chi connectivity index (χ1v) is 11.9. The standard InChI is InChI=1S/C20H21Cl2N3O5S/c1-13-18(3-2-4-19(13)25(27)28)23-20(26)14-7-9-24(10-8-14)31(29,30)12-15-5-6-16(21)11-17(15)22/h2-6,11,14H,7-10,12H2,1H3,(H,23,26). The second-order valence-electron chi connectivity index (χ2n) is 7.36. The Hall–Kier alpha value is -2.20. The van der Waals surface area contributed by atoms with Crippen molar-refractivity contribution in [3.8, 4) is 0 Å². The number of anilines is 1. The number of hydrogen-bond acceptors (Lipinski definition) is 5. The maximum atomic E-state index is 12.8. The van der Waals surface area contributed by atoms with E-state index in [0.29, 0.717) is 34.7 Å². The molecule has 1 amide bonds. The lowest BCUT2D eigenvalue weighted by Gasteiger charge is -2.30. The lowest BCUT2D eigenvalue weighted by molar-refractivity contribution is -0.385. The maximum Gasteiger partial charge on any atom is 0.274 e. The molecule has 1 aliphatic rings. The van der Waals surface area contributed by atoms with Crippen molar-refractivity contribution >= 4 is 50.5 Å². The monoisotopic (exact) mass is 485 g/mol. The molecule has 2 aromatic rings. The van der Waals surface area contributed by atoms with Gasteiger partial charge in [-0.15, -0.1) is 0 Å². The summed E-state index contributed by atoms with van der Waals surface area (Å²) in [6.45, 7) is 1.99. The van der Waals surface area contributed by atoms with E-state index >= 15 is 0 Å². The zero-order chi connectivity index (χ0) is 22.8. The summed E-state index contributed by atoms with van der Waals surface area (Å²) >= 11 is 12.0. The fourth-order valence-corrected chi connectivity index (χ4v) is 5.66. The van der Waals surface area contributed by atoms with Crippen molar-refractivity contribution in [2.75, 3.05) is 18.4 Å². The van der Waals surface area contributed by atoms with Crippen molar-refractivity contribution in [2.24, 2.45) is 5.92 Å². The van der Waals surface area contributed by atoms with Crippen molar-refractivity contribution in [2.45, 2.75) is 25.5 Å². The Kier molecular flexibility index (Phi) is 7.20. The van der Waals surface area contributed by atoms with Crippen LogP contribution < -0.4 is 5.32 Å². The van der Waals surface area contributed by atoms with E-state index in [1.165, 1.54) is 22.5 Å². The van der Waals surface area contributed by atoms with E-state index < -0.39 is 14.9 Å². The Bertz CT molecular complexity index is 1120. The van der Waals surface area contributed by atoms with E-state index in [0.717, 1.165) is 0 Å². The van der Waals surface area contributed by atoms with E-state index in [1.807, 2.05) is 0 Å². The van der Waals surface area contributed by atoms with Crippen LogP contribution in [0.4, 0.5) is 11.4 Å². The average Bonchev–Trinajstić information content (AvgIpc) is 2.71. The van der Waals surface area contributed by atoms with Crippen LogP contribution in [0, 0.1) is 23.0 Å². The molecule has 0 bridgehead atoms. The van der Waals surface area contributed by atoms with Crippen molar-refractivity contribution in [1.82, 2.24) is 4.31 Å². The smallest absolute Gasteiger partial charge is 0.274 e. The molecule has 0 atom stereocenters. The highest BCUT2D eigenvalue weighted by Gasteiger charge is 2.32. The Morgan fingerprint density at radius 3 is 2.52 bits per heavy atom. The number of nitrogens with one attached hydrogen (secondary N) is 1. The predicted octanol–water partition coefficient (Wildman–Crippen LogP) is 4.39. The van der Waals surface area contributed by atoms with Crippen LogP contribution in [0.25, 0.3) is 0 Å². The number of carbonyl (C=O) groups excluding carboxylic acids is 1. The molecule has 0 aliphatic carbocycles. The summed E-state index contributed by atoms with van der Waals surface area (Å²) in [6, 6.07) is 9.17. The van der Waals surface area contributed by atoms with E-state index in [2.05, 4.69) is 5.32 Å². The quantitative estimate of drug-likeness (QED) is 0.481. The third-order valence-corrected chi connectivity index (χ3v) is 7.75. The molecule has 0 unspecified atom stereocenters. The molecule has 0 aromatic heterocycles. The van der Waals surface area contributed by atoms with E-state index in [-0.39, 0.29) is 41.4 Å². The largest absolute Gasteiger partial charge is 0.325 e. The normalized spacial score (nSPS) is 15.6. The number of rotatable bonds is 6. The van der Waals surface area contributed by atoms with Gasteiger partial charge in [0.25, 0.3) is 5.69 Å². The van der Waals surface area contributed by atoms with Crippen LogP contribution >= 0.6 is 23.2 Å². The van der Waals surface area contributed by atoms with Gasteiger partial charge in [0.1, 0.15) is 0 Å². The van der Waals surface area contributed by atoms with Gasteiger partial charge < -0.3 is 5.32 Å². The summed E-state index contributed by atoms with van der Waals surface area (Å²) in [5.74, 6) is -0.905. The van der Waals surface area contributed by atoms with Crippen LogP contribution in [-0.4, -0.2) is 36.6 Å². The molecule has 1 saturated heterocycles. The second kappa shape index (κ2) is 9.52. The van der Waals surface area contributed by atoms with Crippen LogP contribution in [0.3, 0.4) is 0 Å². The third kappa shape index (κ3) is 5.54. The minimum Gasteiger partial charge on any atom is -0.325 e. The lowest BCUT2D eigenvalue weighted by Crippen LogP contribution is -2.42. The number of sulfonamides is 1. The average molecular weight is 486 g/mol. The van der Waals surface area contributed by atoms with Crippen molar-refractivity contribution in [1.29, 1.82) is 0 Å². The molecule has 8 nitrogen and oxygen atoms in total. The van der Waals surface area contributed by atoms with Gasteiger partial charge in [-0.3, -0.25) is 14.9 Å². The topological polar surface area (TPSA) is 110 Å². The molecule has 0 radical (unpaired) electrons. The van der Waals surface area contributed by atoms with Gasteiger partial charge in [-0.2, -0.15) is 0 Å². The van der Waals surface area contributed by atoms with Crippen LogP contribution in [0.15, 0.2) is 36.4 Å². The molecule has 0 saturated carbocycles. The Labute approximate surface area is 190 Å². The highest BCUT2D eigenvalue weighted by atomic mass is 35.5. The van der Waals surface area contributed by atoms with Crippen LogP contribution in [0.2, 0.25) is 10.0 Å². The molecule has 3 rings (SSSR count). The fraction of sp³-hybridized carbons (Fsp3) is 0.350. The highest BCUT2D eigenvalue weighted by molar-refractivity contribution is 7.88. The Morgan fingerprint density at radius 2 is 1.90 bits per heavy atom. The van der Waals surface area contributed by atoms with Gasteiger partial charge in [-0.25, -0.2) is 12.7 Å². The first kappa shape index (κ1) is 23.5. The van der Waals surface area contributed by atoms with Crippen LogP contribution in [0.1, 0.15) is 24.0 Å². The summed E-state index contributed by atoms with van der Waals surface area (Å²) in [4.78, 5) is 23.2. The number of halogens is 2. The van der Waals surface area contributed by atoms with Crippen LogP contribution in [-0.2, 0) is 20.6 Å². The number of nitro benzene ring substituents is 1. The lowest BCUT2D eigenvalue weighted by atomic mass is 9.97. The molecule has 31 heavy (non-hydrogen) atoms. The number of benzene rings is 2. The van der Waals surface area contributed by atoms with E-state index in [4.69, 9.17) is 23.2 Å². The van der Waals surface area contributed by atoms with E-state index in [1.54, 1.807) is 25.1 Å². The molecular weight excluding hydrogens is 465 g/mol. The highest BCUT2D eigenvalue weighted by Crippen LogP contribution is 2.29. The number of amides is 1.